The molecule has 0 bridgehead atoms. The van der Waals surface area contributed by atoms with E-state index in [0.717, 1.165) is 0 Å². The van der Waals surface area contributed by atoms with E-state index in [1.165, 1.54) is 49.7 Å². The van der Waals surface area contributed by atoms with Crippen LogP contribution >= 0.6 is 0 Å². The van der Waals surface area contributed by atoms with Gasteiger partial charge in [0.15, 0.2) is 0 Å². The van der Waals surface area contributed by atoms with Gasteiger partial charge in [-0.3, -0.25) is 0 Å². The molecular formula is C27H32SiZr. The number of fused-ring (bicyclic) bond motifs is 1. The van der Waals surface area contributed by atoms with E-state index in [0.29, 0.717) is 0 Å². The van der Waals surface area contributed by atoms with Gasteiger partial charge in [-0.25, -0.2) is 0 Å². The van der Waals surface area contributed by atoms with Crippen LogP contribution in [0, 0.1) is 34.6 Å². The Balaban J connectivity index is 0.000000195. The Hall–Kier alpha value is -1.50. The Morgan fingerprint density at radius 1 is 0.724 bits per heavy atom. The third-order valence-electron chi connectivity index (χ3n) is 5.29. The molecule has 0 amide bonds. The third kappa shape index (κ3) is 6.49. The summed E-state index contributed by atoms with van der Waals surface area (Å²) in [5.41, 5.74) is 9.97. The van der Waals surface area contributed by atoms with Crippen LogP contribution in [0.2, 0.25) is 13.1 Å². The summed E-state index contributed by atoms with van der Waals surface area (Å²) in [4.78, 5) is 0. The molecule has 0 atom stereocenters. The van der Waals surface area contributed by atoms with Crippen LogP contribution < -0.4 is 0 Å². The number of benzene rings is 2. The van der Waals surface area contributed by atoms with Gasteiger partial charge in [-0.15, -0.1) is 46.7 Å². The van der Waals surface area contributed by atoms with E-state index in [-0.39, 0.29) is 5.43 Å². The summed E-state index contributed by atoms with van der Waals surface area (Å²) < 4.78 is 0. The van der Waals surface area contributed by atoms with Gasteiger partial charge >= 0.3 is 41.9 Å². The molecule has 0 nitrogen and oxygen atoms in total. The molecule has 0 heterocycles. The van der Waals surface area contributed by atoms with Crippen molar-refractivity contribution in [1.29, 1.82) is 0 Å². The first-order chi connectivity index (χ1) is 13.7. The quantitative estimate of drug-likeness (QED) is 0.193. The van der Waals surface area contributed by atoms with E-state index in [1.54, 1.807) is 23.3 Å². The maximum atomic E-state index is 2.31. The molecule has 0 unspecified atom stereocenters. The second-order valence-corrected chi connectivity index (χ2v) is 17.3. The van der Waals surface area contributed by atoms with Gasteiger partial charge in [0, 0.05) is 0 Å². The summed E-state index contributed by atoms with van der Waals surface area (Å²) in [6.07, 6.45) is 0. The Bertz CT molecular complexity index is 1070. The maximum Gasteiger partial charge on any atom is -0.0400 e. The summed E-state index contributed by atoms with van der Waals surface area (Å²) in [6, 6.07) is 23.7. The zero-order valence-electron chi connectivity index (χ0n) is 18.9. The Morgan fingerprint density at radius 3 is 1.76 bits per heavy atom. The summed E-state index contributed by atoms with van der Waals surface area (Å²) in [7, 11) is 0. The van der Waals surface area contributed by atoms with E-state index in [4.69, 9.17) is 0 Å². The van der Waals surface area contributed by atoms with Crippen molar-refractivity contribution in [3.05, 3.63) is 94.5 Å². The van der Waals surface area contributed by atoms with E-state index < -0.39 is 0 Å². The topological polar surface area (TPSA) is 0 Å². The van der Waals surface area contributed by atoms with Crippen LogP contribution in [-0.2, 0) is 23.3 Å². The van der Waals surface area contributed by atoms with E-state index >= 15 is 0 Å². The van der Waals surface area contributed by atoms with Crippen molar-refractivity contribution in [1.82, 2.24) is 0 Å². The molecule has 0 aliphatic rings. The fraction of sp³-hybridized carbons (Fsp3) is 0.259. The van der Waals surface area contributed by atoms with Crippen molar-refractivity contribution in [3.63, 3.8) is 0 Å². The molecule has 0 radical (unpaired) electrons. The number of rotatable bonds is 1. The van der Waals surface area contributed by atoms with Gasteiger partial charge < -0.3 is 0 Å². The zero-order valence-corrected chi connectivity index (χ0v) is 22.3. The van der Waals surface area contributed by atoms with Crippen LogP contribution in [0.15, 0.2) is 66.7 Å². The molecule has 4 aromatic rings. The standard InChI is InChI=1S/C16H13.C9H13.C2H6Si.Zr/c1-12-6-2-4-8-14(12)16-11-10-13-7-3-5-9-15(13)16;1-6-5-7(2)9(4)8(6)3;1-3-2;/h2-11H,1H3;5H,1-4H3;1-2H3;/q2*-1;;+2. The largest absolute Gasteiger partial charge is 0.196 e. The van der Waals surface area contributed by atoms with Crippen molar-refractivity contribution in [3.8, 4) is 11.1 Å². The minimum absolute atomic E-state index is 0.210. The van der Waals surface area contributed by atoms with Crippen molar-refractivity contribution >= 4 is 16.2 Å². The third-order valence-corrected chi connectivity index (χ3v) is 5.29. The van der Waals surface area contributed by atoms with E-state index in [9.17, 15) is 0 Å². The molecule has 0 aliphatic carbocycles. The second-order valence-electron chi connectivity index (χ2n) is 7.91. The monoisotopic (exact) mass is 474 g/mol. The summed E-state index contributed by atoms with van der Waals surface area (Å²) in [5.74, 6) is 0. The van der Waals surface area contributed by atoms with Crippen molar-refractivity contribution < 1.29 is 23.3 Å². The first-order valence-electron chi connectivity index (χ1n) is 10.1. The molecule has 0 saturated carbocycles. The second kappa shape index (κ2) is 11.0. The number of hydrogen-bond acceptors (Lipinski definition) is 0. The average molecular weight is 476 g/mol. The van der Waals surface area contributed by atoms with Gasteiger partial charge in [0.25, 0.3) is 0 Å². The normalized spacial score (nSPS) is 10.1. The van der Waals surface area contributed by atoms with Crippen LogP contribution in [0.5, 0.6) is 0 Å². The maximum absolute atomic E-state index is 2.31. The molecule has 4 rings (SSSR count). The molecule has 29 heavy (non-hydrogen) atoms. The molecule has 0 aromatic heterocycles. The van der Waals surface area contributed by atoms with Crippen molar-refractivity contribution in [2.75, 3.05) is 0 Å². The molecule has 0 fully saturated rings. The molecular weight excluding hydrogens is 444 g/mol. The average Bonchev–Trinajstić information content (AvgIpc) is 3.19. The van der Waals surface area contributed by atoms with Crippen LogP contribution in [-0.4, -0.2) is 5.43 Å². The molecule has 0 spiro atoms. The first-order valence-corrected chi connectivity index (χ1v) is 16.3. The Labute approximate surface area is 192 Å². The molecule has 0 aliphatic heterocycles. The van der Waals surface area contributed by atoms with Crippen molar-refractivity contribution in [2.24, 2.45) is 0 Å². The van der Waals surface area contributed by atoms with Crippen LogP contribution in [0.3, 0.4) is 0 Å². The molecule has 0 N–H and O–H groups in total. The predicted molar refractivity (Wildman–Crippen MR) is 128 cm³/mol. The van der Waals surface area contributed by atoms with Gasteiger partial charge in [-0.05, 0) is 6.92 Å². The Kier molecular flexibility index (Phi) is 9.05. The minimum Gasteiger partial charge on any atom is -0.196 e. The Morgan fingerprint density at radius 2 is 1.24 bits per heavy atom. The van der Waals surface area contributed by atoms with Gasteiger partial charge in [0.2, 0.25) is 0 Å². The van der Waals surface area contributed by atoms with E-state index in [1.807, 2.05) is 0 Å². The van der Waals surface area contributed by atoms with E-state index in [2.05, 4.69) is 114 Å². The van der Waals surface area contributed by atoms with Gasteiger partial charge in [-0.2, -0.15) is 28.3 Å². The summed E-state index contributed by atoms with van der Waals surface area (Å²) in [6.45, 7) is 15.5. The number of hydrogen-bond donors (Lipinski definition) is 0. The van der Waals surface area contributed by atoms with Crippen LogP contribution in [0.4, 0.5) is 0 Å². The molecule has 2 heteroatoms. The molecule has 148 valence electrons. The van der Waals surface area contributed by atoms with Crippen LogP contribution in [0.1, 0.15) is 27.8 Å². The van der Waals surface area contributed by atoms with Gasteiger partial charge in [0.05, 0.1) is 0 Å². The van der Waals surface area contributed by atoms with Gasteiger partial charge in [-0.1, -0.05) is 69.2 Å². The molecule has 4 aromatic carbocycles. The fourth-order valence-electron chi connectivity index (χ4n) is 3.39. The summed E-state index contributed by atoms with van der Waals surface area (Å²) >= 11 is 1.74. The predicted octanol–water partition coefficient (Wildman–Crippen LogP) is 7.96. The molecule has 0 saturated heterocycles. The first kappa shape index (κ1) is 23.8. The SMILES string of the molecule is C[Si](C)=[Zr+2].Cc1[cH-]c(C)c(C)c1C.Cc1ccccc1-c1c[cH-]c2ccccc12. The van der Waals surface area contributed by atoms with Gasteiger partial charge in [0.1, 0.15) is 0 Å². The smallest absolute Gasteiger partial charge is 0.0400 e. The number of aryl methyl sites for hydroxylation is 3. The van der Waals surface area contributed by atoms with Crippen LogP contribution in [0.25, 0.3) is 21.9 Å². The summed E-state index contributed by atoms with van der Waals surface area (Å²) in [5, 5.41) is 2.66. The van der Waals surface area contributed by atoms with Crippen molar-refractivity contribution in [2.45, 2.75) is 47.7 Å². The fourth-order valence-corrected chi connectivity index (χ4v) is 3.39. The zero-order chi connectivity index (χ0) is 21.6. The minimum atomic E-state index is 0.210.